The molecule has 0 fully saturated rings. The molecule has 1 unspecified atom stereocenters. The summed E-state index contributed by atoms with van der Waals surface area (Å²) in [5.74, 6) is -3.56. The smallest absolute Gasteiger partial charge is 0.356 e. The highest BCUT2D eigenvalue weighted by Crippen LogP contribution is 2.14. The van der Waals surface area contributed by atoms with Gasteiger partial charge in [0.25, 0.3) is 0 Å². The SMILES string of the molecule is CCCCCCCCCC(C(=O)O)C(=O)OO. The first kappa shape index (κ1) is 15.9. The molecular formula is C12H22O5. The molecule has 2 N–H and O–H groups in total. The Kier molecular flexibility index (Phi) is 9.43. The number of carbonyl (C=O) groups excluding carboxylic acids is 1. The minimum Gasteiger partial charge on any atom is -0.481 e. The lowest BCUT2D eigenvalue weighted by Gasteiger charge is -2.08. The average Bonchev–Trinajstić information content (AvgIpc) is 2.31. The summed E-state index contributed by atoms with van der Waals surface area (Å²) in [5.41, 5.74) is 0. The Bertz CT molecular complexity index is 227. The van der Waals surface area contributed by atoms with Gasteiger partial charge in [-0.1, -0.05) is 51.9 Å². The van der Waals surface area contributed by atoms with E-state index in [2.05, 4.69) is 11.8 Å². The van der Waals surface area contributed by atoms with Crippen LogP contribution in [0.3, 0.4) is 0 Å². The number of carboxylic acids is 1. The lowest BCUT2D eigenvalue weighted by molar-refractivity contribution is -0.239. The fraction of sp³-hybridized carbons (Fsp3) is 0.833. The van der Waals surface area contributed by atoms with Crippen molar-refractivity contribution in [3.05, 3.63) is 0 Å². The predicted molar refractivity (Wildman–Crippen MR) is 62.5 cm³/mol. The highest BCUT2D eigenvalue weighted by molar-refractivity contribution is 5.93. The van der Waals surface area contributed by atoms with Crippen LogP contribution in [0.4, 0.5) is 0 Å². The largest absolute Gasteiger partial charge is 0.481 e. The number of aliphatic carboxylic acids is 1. The summed E-state index contributed by atoms with van der Waals surface area (Å²) in [7, 11) is 0. The zero-order valence-electron chi connectivity index (χ0n) is 10.4. The van der Waals surface area contributed by atoms with Crippen molar-refractivity contribution in [1.82, 2.24) is 0 Å². The van der Waals surface area contributed by atoms with Gasteiger partial charge in [0.2, 0.25) is 0 Å². The van der Waals surface area contributed by atoms with Gasteiger partial charge in [-0.3, -0.25) is 4.79 Å². The van der Waals surface area contributed by atoms with E-state index >= 15 is 0 Å². The fourth-order valence-corrected chi connectivity index (χ4v) is 1.71. The molecule has 0 heterocycles. The highest BCUT2D eigenvalue weighted by atomic mass is 17.1. The Morgan fingerprint density at radius 1 is 1.06 bits per heavy atom. The number of hydrogen-bond donors (Lipinski definition) is 2. The van der Waals surface area contributed by atoms with E-state index in [-0.39, 0.29) is 6.42 Å². The Morgan fingerprint density at radius 2 is 1.59 bits per heavy atom. The molecule has 0 saturated carbocycles. The van der Waals surface area contributed by atoms with E-state index in [1.165, 1.54) is 19.3 Å². The molecule has 0 spiro atoms. The summed E-state index contributed by atoms with van der Waals surface area (Å²) in [6, 6.07) is 0. The quantitative estimate of drug-likeness (QED) is 0.268. The molecule has 0 amide bonds. The van der Waals surface area contributed by atoms with Crippen LogP contribution in [0.15, 0.2) is 0 Å². The second-order valence-electron chi connectivity index (χ2n) is 4.21. The molecular weight excluding hydrogens is 224 g/mol. The number of carbonyl (C=O) groups is 2. The first-order valence-corrected chi connectivity index (χ1v) is 6.21. The van der Waals surface area contributed by atoms with Gasteiger partial charge in [-0.25, -0.2) is 4.79 Å². The van der Waals surface area contributed by atoms with Crippen molar-refractivity contribution in [3.8, 4) is 0 Å². The maximum atomic E-state index is 10.9. The van der Waals surface area contributed by atoms with E-state index in [0.717, 1.165) is 19.3 Å². The monoisotopic (exact) mass is 246 g/mol. The summed E-state index contributed by atoms with van der Waals surface area (Å²) >= 11 is 0. The molecule has 5 nitrogen and oxygen atoms in total. The van der Waals surface area contributed by atoms with Gasteiger partial charge < -0.3 is 9.99 Å². The van der Waals surface area contributed by atoms with Crippen LogP contribution in [0.5, 0.6) is 0 Å². The van der Waals surface area contributed by atoms with E-state index in [4.69, 9.17) is 10.4 Å². The molecule has 100 valence electrons. The maximum Gasteiger partial charge on any atom is 0.356 e. The van der Waals surface area contributed by atoms with E-state index in [0.29, 0.717) is 6.42 Å². The molecule has 1 atom stereocenters. The minimum absolute atomic E-state index is 0.225. The van der Waals surface area contributed by atoms with Crippen LogP contribution < -0.4 is 0 Å². The van der Waals surface area contributed by atoms with Crippen LogP contribution in [0, 0.1) is 5.92 Å². The van der Waals surface area contributed by atoms with E-state index in [9.17, 15) is 9.59 Å². The molecule has 0 saturated heterocycles. The van der Waals surface area contributed by atoms with Crippen LogP contribution in [-0.4, -0.2) is 22.3 Å². The van der Waals surface area contributed by atoms with Crippen molar-refractivity contribution >= 4 is 11.9 Å². The Hall–Kier alpha value is -1.10. The van der Waals surface area contributed by atoms with Gasteiger partial charge in [-0.2, -0.15) is 5.26 Å². The van der Waals surface area contributed by atoms with E-state index in [1.54, 1.807) is 0 Å². The number of rotatable bonds is 10. The van der Waals surface area contributed by atoms with Gasteiger partial charge in [-0.05, 0) is 6.42 Å². The average molecular weight is 246 g/mol. The zero-order chi connectivity index (χ0) is 13.1. The first-order valence-electron chi connectivity index (χ1n) is 6.21. The molecule has 5 heteroatoms. The van der Waals surface area contributed by atoms with Crippen molar-refractivity contribution in [2.24, 2.45) is 5.92 Å². The Balaban J connectivity index is 3.62. The van der Waals surface area contributed by atoms with Crippen molar-refractivity contribution in [2.75, 3.05) is 0 Å². The highest BCUT2D eigenvalue weighted by Gasteiger charge is 2.27. The van der Waals surface area contributed by atoms with Crippen molar-refractivity contribution in [1.29, 1.82) is 0 Å². The van der Waals surface area contributed by atoms with Gasteiger partial charge in [0, 0.05) is 0 Å². The minimum atomic E-state index is -1.24. The van der Waals surface area contributed by atoms with Crippen LogP contribution in [-0.2, 0) is 14.5 Å². The maximum absolute atomic E-state index is 10.9. The molecule has 0 aliphatic heterocycles. The Labute approximate surface area is 102 Å². The lowest BCUT2D eigenvalue weighted by Crippen LogP contribution is -2.25. The van der Waals surface area contributed by atoms with Gasteiger partial charge >= 0.3 is 11.9 Å². The third kappa shape index (κ3) is 7.74. The van der Waals surface area contributed by atoms with Crippen molar-refractivity contribution < 1.29 is 24.8 Å². The predicted octanol–water partition coefficient (Wildman–Crippen LogP) is 2.84. The third-order valence-electron chi connectivity index (χ3n) is 2.77. The van der Waals surface area contributed by atoms with Crippen molar-refractivity contribution in [2.45, 2.75) is 58.3 Å². The normalized spacial score (nSPS) is 12.1. The van der Waals surface area contributed by atoms with Crippen LogP contribution in [0.1, 0.15) is 58.3 Å². The van der Waals surface area contributed by atoms with Crippen LogP contribution >= 0.6 is 0 Å². The summed E-state index contributed by atoms with van der Waals surface area (Å²) in [5, 5.41) is 16.9. The van der Waals surface area contributed by atoms with E-state index < -0.39 is 17.9 Å². The molecule has 0 rings (SSSR count). The standard InChI is InChI=1S/C12H22O5/c1-2-3-4-5-6-7-8-9-10(11(13)14)12(15)17-16/h10,16H,2-9H2,1H3,(H,13,14). The number of unbranched alkanes of at least 4 members (excludes halogenated alkanes) is 6. The molecule has 17 heavy (non-hydrogen) atoms. The molecule has 0 aromatic heterocycles. The fourth-order valence-electron chi connectivity index (χ4n) is 1.71. The molecule has 0 aliphatic carbocycles. The Morgan fingerprint density at radius 3 is 2.06 bits per heavy atom. The lowest BCUT2D eigenvalue weighted by atomic mass is 10.0. The second-order valence-corrected chi connectivity index (χ2v) is 4.21. The number of hydrogen-bond acceptors (Lipinski definition) is 4. The van der Waals surface area contributed by atoms with E-state index in [1.807, 2.05) is 0 Å². The summed E-state index contributed by atoms with van der Waals surface area (Å²) in [6.07, 6.45) is 7.64. The summed E-state index contributed by atoms with van der Waals surface area (Å²) in [4.78, 5) is 25.1. The summed E-state index contributed by atoms with van der Waals surface area (Å²) in [6.45, 7) is 2.15. The first-order chi connectivity index (χ1) is 8.13. The van der Waals surface area contributed by atoms with Gasteiger partial charge in [0.1, 0.15) is 0 Å². The molecule has 0 bridgehead atoms. The zero-order valence-corrected chi connectivity index (χ0v) is 10.4. The molecule has 0 aromatic rings. The summed E-state index contributed by atoms with van der Waals surface area (Å²) < 4.78 is 0. The van der Waals surface area contributed by atoms with Crippen LogP contribution in [0.25, 0.3) is 0 Å². The number of carboxylic acid groups (broad SMARTS) is 1. The topological polar surface area (TPSA) is 83.8 Å². The second kappa shape index (κ2) is 10.1. The third-order valence-corrected chi connectivity index (χ3v) is 2.77. The van der Waals surface area contributed by atoms with Gasteiger partial charge in [0.15, 0.2) is 5.92 Å². The molecule has 0 radical (unpaired) electrons. The van der Waals surface area contributed by atoms with Gasteiger partial charge in [-0.15, -0.1) is 0 Å². The molecule has 0 aliphatic rings. The van der Waals surface area contributed by atoms with Crippen molar-refractivity contribution in [3.63, 3.8) is 0 Å². The molecule has 0 aromatic carbocycles. The van der Waals surface area contributed by atoms with Gasteiger partial charge in [0.05, 0.1) is 0 Å². The van der Waals surface area contributed by atoms with Crippen LogP contribution in [0.2, 0.25) is 0 Å².